The van der Waals surface area contributed by atoms with Crippen LogP contribution >= 0.6 is 0 Å². The summed E-state index contributed by atoms with van der Waals surface area (Å²) in [5, 5.41) is 0. The smallest absolute Gasteiger partial charge is 0.128 e. The van der Waals surface area contributed by atoms with Crippen LogP contribution in [0.2, 0.25) is 0 Å². The molecule has 2 N–H and O–H groups in total. The summed E-state index contributed by atoms with van der Waals surface area (Å²) < 4.78 is 13.6. The Balaban J connectivity index is 2.19. The van der Waals surface area contributed by atoms with Crippen LogP contribution in [-0.2, 0) is 12.8 Å². The molecule has 1 heterocycles. The molecule has 0 fully saturated rings. The quantitative estimate of drug-likeness (QED) is 0.823. The number of nitrogen functional groups attached to an aromatic ring is 1. The average molecular weight is 230 g/mol. The SMILES string of the molecule is CCc1ccc(Cc2ccc(N)cc2F)nc1. The molecule has 2 aromatic rings. The highest BCUT2D eigenvalue weighted by atomic mass is 19.1. The molecule has 2 nitrogen and oxygen atoms in total. The van der Waals surface area contributed by atoms with Gasteiger partial charge >= 0.3 is 0 Å². The van der Waals surface area contributed by atoms with Crippen molar-refractivity contribution in [1.82, 2.24) is 4.98 Å². The summed E-state index contributed by atoms with van der Waals surface area (Å²) in [4.78, 5) is 4.31. The first kappa shape index (κ1) is 11.6. The number of nitrogens with zero attached hydrogens (tertiary/aromatic N) is 1. The van der Waals surface area contributed by atoms with Gasteiger partial charge in [-0.2, -0.15) is 0 Å². The molecule has 0 spiro atoms. The third kappa shape index (κ3) is 2.81. The van der Waals surface area contributed by atoms with Crippen molar-refractivity contribution in [3.8, 4) is 0 Å². The van der Waals surface area contributed by atoms with Crippen molar-refractivity contribution < 1.29 is 4.39 Å². The Kier molecular flexibility index (Phi) is 3.38. The number of rotatable bonds is 3. The molecule has 2 rings (SSSR count). The third-order valence-corrected chi connectivity index (χ3v) is 2.74. The van der Waals surface area contributed by atoms with E-state index in [4.69, 9.17) is 5.73 Å². The number of hydrogen-bond acceptors (Lipinski definition) is 2. The molecule has 1 aromatic carbocycles. The molecule has 0 aliphatic carbocycles. The highest BCUT2D eigenvalue weighted by molar-refractivity contribution is 5.41. The molecule has 0 amide bonds. The minimum atomic E-state index is -0.272. The molecule has 0 unspecified atom stereocenters. The lowest BCUT2D eigenvalue weighted by atomic mass is 10.1. The van der Waals surface area contributed by atoms with Crippen molar-refractivity contribution in [3.63, 3.8) is 0 Å². The Labute approximate surface area is 100 Å². The van der Waals surface area contributed by atoms with E-state index in [9.17, 15) is 4.39 Å². The van der Waals surface area contributed by atoms with Gasteiger partial charge < -0.3 is 5.73 Å². The van der Waals surface area contributed by atoms with Gasteiger partial charge in [0.05, 0.1) is 0 Å². The minimum absolute atomic E-state index is 0.272. The summed E-state index contributed by atoms with van der Waals surface area (Å²) >= 11 is 0. The number of nitrogens with two attached hydrogens (primary N) is 1. The van der Waals surface area contributed by atoms with E-state index >= 15 is 0 Å². The maximum absolute atomic E-state index is 13.6. The number of aromatic nitrogens is 1. The largest absolute Gasteiger partial charge is 0.399 e. The zero-order valence-corrected chi connectivity index (χ0v) is 9.78. The molecule has 88 valence electrons. The fourth-order valence-corrected chi connectivity index (χ4v) is 1.67. The van der Waals surface area contributed by atoms with Gasteiger partial charge in [-0.25, -0.2) is 4.39 Å². The van der Waals surface area contributed by atoms with Crippen molar-refractivity contribution in [1.29, 1.82) is 0 Å². The summed E-state index contributed by atoms with van der Waals surface area (Å²) in [5.74, 6) is -0.272. The maximum atomic E-state index is 13.6. The third-order valence-electron chi connectivity index (χ3n) is 2.74. The van der Waals surface area contributed by atoms with E-state index in [1.807, 2.05) is 18.3 Å². The maximum Gasteiger partial charge on any atom is 0.128 e. The van der Waals surface area contributed by atoms with Crippen LogP contribution in [-0.4, -0.2) is 4.98 Å². The average Bonchev–Trinajstić information content (AvgIpc) is 2.34. The van der Waals surface area contributed by atoms with Gasteiger partial charge in [-0.15, -0.1) is 0 Å². The Morgan fingerprint density at radius 2 is 2.06 bits per heavy atom. The molecule has 0 bridgehead atoms. The molecule has 0 saturated carbocycles. The lowest BCUT2D eigenvalue weighted by Crippen LogP contribution is -1.97. The number of halogens is 1. The Bertz CT molecular complexity index is 506. The Morgan fingerprint density at radius 1 is 1.24 bits per heavy atom. The molecule has 0 saturated heterocycles. The first-order chi connectivity index (χ1) is 8.19. The molecular weight excluding hydrogens is 215 g/mol. The van der Waals surface area contributed by atoms with Crippen molar-refractivity contribution in [3.05, 3.63) is 59.2 Å². The predicted molar refractivity (Wildman–Crippen MR) is 67.2 cm³/mol. The molecule has 0 radical (unpaired) electrons. The van der Waals surface area contributed by atoms with Gasteiger partial charge in [-0.05, 0) is 35.7 Å². The molecule has 0 aliphatic heterocycles. The van der Waals surface area contributed by atoms with E-state index in [0.717, 1.165) is 12.1 Å². The highest BCUT2D eigenvalue weighted by Gasteiger charge is 2.04. The number of hydrogen-bond donors (Lipinski definition) is 1. The topological polar surface area (TPSA) is 38.9 Å². The van der Waals surface area contributed by atoms with Crippen LogP contribution in [0, 0.1) is 5.82 Å². The van der Waals surface area contributed by atoms with Gasteiger partial charge in [0, 0.05) is 24.0 Å². The highest BCUT2D eigenvalue weighted by Crippen LogP contribution is 2.15. The zero-order chi connectivity index (χ0) is 12.3. The Morgan fingerprint density at radius 3 is 2.65 bits per heavy atom. The van der Waals surface area contributed by atoms with E-state index < -0.39 is 0 Å². The summed E-state index contributed by atoms with van der Waals surface area (Å²) in [6.07, 6.45) is 3.30. The van der Waals surface area contributed by atoms with E-state index in [-0.39, 0.29) is 5.82 Å². The lowest BCUT2D eigenvalue weighted by molar-refractivity contribution is 0.614. The number of anilines is 1. The van der Waals surface area contributed by atoms with Crippen molar-refractivity contribution in [2.24, 2.45) is 0 Å². The number of pyridine rings is 1. The summed E-state index contributed by atoms with van der Waals surface area (Å²) in [7, 11) is 0. The second-order valence-corrected chi connectivity index (χ2v) is 4.04. The van der Waals surface area contributed by atoms with Crippen molar-refractivity contribution in [2.75, 3.05) is 5.73 Å². The molecule has 17 heavy (non-hydrogen) atoms. The lowest BCUT2D eigenvalue weighted by Gasteiger charge is -2.04. The van der Waals surface area contributed by atoms with Gasteiger partial charge in [-0.1, -0.05) is 19.1 Å². The fourth-order valence-electron chi connectivity index (χ4n) is 1.67. The summed E-state index contributed by atoms with van der Waals surface area (Å²) in [6, 6.07) is 8.72. The van der Waals surface area contributed by atoms with E-state index in [1.165, 1.54) is 11.6 Å². The molecular formula is C14H15FN2. The van der Waals surface area contributed by atoms with Gasteiger partial charge in [0.2, 0.25) is 0 Å². The predicted octanol–water partition coefficient (Wildman–Crippen LogP) is 2.96. The molecule has 3 heteroatoms. The van der Waals surface area contributed by atoms with Gasteiger partial charge in [0.1, 0.15) is 5.82 Å². The number of benzene rings is 1. The van der Waals surface area contributed by atoms with Crippen molar-refractivity contribution >= 4 is 5.69 Å². The first-order valence-electron chi connectivity index (χ1n) is 5.66. The van der Waals surface area contributed by atoms with Crippen LogP contribution in [0.5, 0.6) is 0 Å². The number of aryl methyl sites for hydroxylation is 1. The van der Waals surface area contributed by atoms with E-state index in [2.05, 4.69) is 11.9 Å². The standard InChI is InChI=1S/C14H15FN2/c1-2-10-3-6-13(17-9-10)7-11-4-5-12(16)8-14(11)15/h3-6,8-9H,2,7,16H2,1H3. The minimum Gasteiger partial charge on any atom is -0.399 e. The molecule has 1 aromatic heterocycles. The zero-order valence-electron chi connectivity index (χ0n) is 9.78. The van der Waals surface area contributed by atoms with E-state index in [1.54, 1.807) is 12.1 Å². The molecule has 0 aliphatic rings. The van der Waals surface area contributed by atoms with Crippen LogP contribution in [0.1, 0.15) is 23.7 Å². The molecule has 0 atom stereocenters. The monoisotopic (exact) mass is 230 g/mol. The fraction of sp³-hybridized carbons (Fsp3) is 0.214. The van der Waals surface area contributed by atoms with Gasteiger partial charge in [0.15, 0.2) is 0 Å². The summed E-state index contributed by atoms with van der Waals surface area (Å²) in [5.41, 5.74) is 8.62. The van der Waals surface area contributed by atoms with Crippen molar-refractivity contribution in [2.45, 2.75) is 19.8 Å². The van der Waals surface area contributed by atoms with Crippen LogP contribution < -0.4 is 5.73 Å². The van der Waals surface area contributed by atoms with E-state index in [0.29, 0.717) is 17.7 Å². The summed E-state index contributed by atoms with van der Waals surface area (Å²) in [6.45, 7) is 2.08. The van der Waals surface area contributed by atoms with Crippen LogP contribution in [0.15, 0.2) is 36.5 Å². The van der Waals surface area contributed by atoms with Gasteiger partial charge in [-0.3, -0.25) is 4.98 Å². The van der Waals surface area contributed by atoms with Gasteiger partial charge in [0.25, 0.3) is 0 Å². The normalized spacial score (nSPS) is 10.5. The second-order valence-electron chi connectivity index (χ2n) is 4.04. The Hall–Kier alpha value is -1.90. The second kappa shape index (κ2) is 4.95. The van der Waals surface area contributed by atoms with Crippen LogP contribution in [0.4, 0.5) is 10.1 Å². The van der Waals surface area contributed by atoms with Crippen LogP contribution in [0.25, 0.3) is 0 Å². The van der Waals surface area contributed by atoms with Crippen LogP contribution in [0.3, 0.4) is 0 Å². The first-order valence-corrected chi connectivity index (χ1v) is 5.66.